The Morgan fingerprint density at radius 1 is 1.33 bits per heavy atom. The highest BCUT2D eigenvalue weighted by atomic mass is 16.5. The number of carbonyl (C=O) groups excluding carboxylic acids is 2. The van der Waals surface area contributed by atoms with Crippen molar-refractivity contribution in [3.63, 3.8) is 0 Å². The number of ether oxygens (including phenoxy) is 1. The topological polar surface area (TPSA) is 58.6 Å². The molecule has 5 heteroatoms. The number of nitrogens with zero attached hydrogens (tertiary/aromatic N) is 1. The number of rotatable bonds is 2. The van der Waals surface area contributed by atoms with Gasteiger partial charge in [-0.1, -0.05) is 25.1 Å². The van der Waals surface area contributed by atoms with Crippen molar-refractivity contribution in [1.29, 1.82) is 0 Å². The van der Waals surface area contributed by atoms with Gasteiger partial charge >= 0.3 is 0 Å². The Morgan fingerprint density at radius 2 is 2.14 bits per heavy atom. The molecular weight excluding hydrogens is 268 g/mol. The van der Waals surface area contributed by atoms with E-state index >= 15 is 0 Å². The van der Waals surface area contributed by atoms with Crippen LogP contribution in [-0.4, -0.2) is 35.9 Å². The molecule has 3 rings (SSSR count). The van der Waals surface area contributed by atoms with Crippen LogP contribution < -0.4 is 10.1 Å². The first-order valence-electron chi connectivity index (χ1n) is 7.52. The first kappa shape index (κ1) is 13.9. The summed E-state index contributed by atoms with van der Waals surface area (Å²) in [6.07, 6.45) is 1.75. The van der Waals surface area contributed by atoms with Gasteiger partial charge in [-0.2, -0.15) is 0 Å². The van der Waals surface area contributed by atoms with E-state index in [-0.39, 0.29) is 17.9 Å². The fourth-order valence-electron chi connectivity index (χ4n) is 3.09. The first-order chi connectivity index (χ1) is 10.2. The van der Waals surface area contributed by atoms with Gasteiger partial charge in [-0.05, 0) is 12.5 Å². The average molecular weight is 288 g/mol. The molecule has 1 fully saturated rings. The zero-order valence-corrected chi connectivity index (χ0v) is 12.2. The molecule has 0 radical (unpaired) electrons. The van der Waals surface area contributed by atoms with Crippen LogP contribution in [0.4, 0.5) is 0 Å². The van der Waals surface area contributed by atoms with Gasteiger partial charge in [-0.3, -0.25) is 9.59 Å². The molecule has 1 N–H and O–H groups in total. The van der Waals surface area contributed by atoms with Crippen LogP contribution in [0.1, 0.15) is 37.8 Å². The van der Waals surface area contributed by atoms with Gasteiger partial charge in [0, 0.05) is 24.9 Å². The molecule has 2 aliphatic rings. The van der Waals surface area contributed by atoms with Crippen LogP contribution in [0.25, 0.3) is 0 Å². The summed E-state index contributed by atoms with van der Waals surface area (Å²) < 4.78 is 5.66. The van der Waals surface area contributed by atoms with Crippen molar-refractivity contribution in [3.05, 3.63) is 29.8 Å². The molecule has 0 spiro atoms. The van der Waals surface area contributed by atoms with Crippen LogP contribution in [0.5, 0.6) is 5.75 Å². The minimum Gasteiger partial charge on any atom is -0.493 e. The van der Waals surface area contributed by atoms with Gasteiger partial charge in [-0.15, -0.1) is 0 Å². The molecule has 1 aromatic carbocycles. The highest BCUT2D eigenvalue weighted by Gasteiger charge is 2.35. The summed E-state index contributed by atoms with van der Waals surface area (Å²) in [5, 5.41) is 2.81. The lowest BCUT2D eigenvalue weighted by Crippen LogP contribution is -2.46. The van der Waals surface area contributed by atoms with E-state index in [1.54, 1.807) is 0 Å². The van der Waals surface area contributed by atoms with Crippen LogP contribution in [0, 0.1) is 0 Å². The lowest BCUT2D eigenvalue weighted by Gasteiger charge is -2.36. The van der Waals surface area contributed by atoms with E-state index in [2.05, 4.69) is 5.32 Å². The van der Waals surface area contributed by atoms with E-state index in [9.17, 15) is 9.59 Å². The van der Waals surface area contributed by atoms with Crippen molar-refractivity contribution in [2.45, 2.75) is 38.3 Å². The lowest BCUT2D eigenvalue weighted by atomic mass is 9.98. The van der Waals surface area contributed by atoms with Crippen LogP contribution in [0.2, 0.25) is 0 Å². The van der Waals surface area contributed by atoms with Gasteiger partial charge in [0.15, 0.2) is 0 Å². The monoisotopic (exact) mass is 288 g/mol. The summed E-state index contributed by atoms with van der Waals surface area (Å²) in [5.41, 5.74) is 1.04. The Balaban J connectivity index is 1.92. The van der Waals surface area contributed by atoms with Gasteiger partial charge in [0.1, 0.15) is 11.8 Å². The maximum atomic E-state index is 12.7. The summed E-state index contributed by atoms with van der Waals surface area (Å²) >= 11 is 0. The van der Waals surface area contributed by atoms with Crippen LogP contribution in [-0.2, 0) is 9.59 Å². The molecule has 112 valence electrons. The fraction of sp³-hybridized carbons (Fsp3) is 0.500. The number of para-hydroxylation sites is 1. The van der Waals surface area contributed by atoms with Gasteiger partial charge in [0.2, 0.25) is 11.8 Å². The second-order valence-electron chi connectivity index (χ2n) is 5.50. The number of nitrogens with one attached hydrogen (secondary N) is 1. The Kier molecular flexibility index (Phi) is 3.82. The second kappa shape index (κ2) is 5.76. The maximum Gasteiger partial charge on any atom is 0.245 e. The zero-order valence-electron chi connectivity index (χ0n) is 12.2. The molecule has 21 heavy (non-hydrogen) atoms. The third-order valence-corrected chi connectivity index (χ3v) is 4.21. The third-order valence-electron chi connectivity index (χ3n) is 4.21. The van der Waals surface area contributed by atoms with Crippen molar-refractivity contribution in [2.75, 3.05) is 13.2 Å². The summed E-state index contributed by atoms with van der Waals surface area (Å²) in [5.74, 6) is 0.821. The molecule has 1 saturated heterocycles. The molecule has 0 bridgehead atoms. The second-order valence-corrected chi connectivity index (χ2v) is 5.50. The maximum absolute atomic E-state index is 12.7. The molecule has 2 aliphatic heterocycles. The van der Waals surface area contributed by atoms with Crippen LogP contribution in [0.3, 0.4) is 0 Å². The minimum atomic E-state index is -0.407. The lowest BCUT2D eigenvalue weighted by molar-refractivity contribution is -0.136. The molecule has 0 aromatic heterocycles. The Bertz CT molecular complexity index is 558. The van der Waals surface area contributed by atoms with Crippen LogP contribution >= 0.6 is 0 Å². The van der Waals surface area contributed by atoms with Crippen molar-refractivity contribution < 1.29 is 14.3 Å². The Labute approximate surface area is 124 Å². The predicted octanol–water partition coefficient (Wildman–Crippen LogP) is 1.64. The zero-order chi connectivity index (χ0) is 14.8. The molecule has 2 atom stereocenters. The number of hydrogen-bond donors (Lipinski definition) is 1. The Hall–Kier alpha value is -2.04. The number of hydrogen-bond acceptors (Lipinski definition) is 3. The minimum absolute atomic E-state index is 0.00389. The van der Waals surface area contributed by atoms with Crippen molar-refractivity contribution in [3.8, 4) is 5.75 Å². The summed E-state index contributed by atoms with van der Waals surface area (Å²) in [4.78, 5) is 26.3. The highest BCUT2D eigenvalue weighted by Crippen LogP contribution is 2.36. The normalized spacial score (nSPS) is 25.7. The highest BCUT2D eigenvalue weighted by molar-refractivity contribution is 5.90. The van der Waals surface area contributed by atoms with E-state index in [0.717, 1.165) is 17.7 Å². The number of amides is 2. The third kappa shape index (κ3) is 2.60. The van der Waals surface area contributed by atoms with E-state index in [4.69, 9.17) is 4.74 Å². The van der Waals surface area contributed by atoms with Gasteiger partial charge < -0.3 is 15.0 Å². The molecular formula is C16H20N2O3. The molecule has 0 aliphatic carbocycles. The Morgan fingerprint density at radius 3 is 2.95 bits per heavy atom. The van der Waals surface area contributed by atoms with Crippen molar-refractivity contribution in [1.82, 2.24) is 10.2 Å². The number of fused-ring (bicyclic) bond motifs is 1. The van der Waals surface area contributed by atoms with Crippen molar-refractivity contribution in [2.24, 2.45) is 0 Å². The molecule has 5 nitrogen and oxygen atoms in total. The number of carbonyl (C=O) groups is 2. The molecule has 2 amide bonds. The van der Waals surface area contributed by atoms with E-state index in [0.29, 0.717) is 26.0 Å². The van der Waals surface area contributed by atoms with Gasteiger partial charge in [0.25, 0.3) is 0 Å². The van der Waals surface area contributed by atoms with Crippen molar-refractivity contribution >= 4 is 11.8 Å². The standard InChI is InChI=1S/C16H20N2O3/c1-2-12-16(20)18(9-7-15(19)17-12)13-8-10-21-14-6-4-3-5-11(13)14/h3-6,12-13H,2,7-10H2,1H3,(H,17,19). The smallest absolute Gasteiger partial charge is 0.245 e. The quantitative estimate of drug-likeness (QED) is 0.900. The average Bonchev–Trinajstić information content (AvgIpc) is 2.66. The fourth-order valence-corrected chi connectivity index (χ4v) is 3.09. The summed E-state index contributed by atoms with van der Waals surface area (Å²) in [7, 11) is 0. The predicted molar refractivity (Wildman–Crippen MR) is 77.8 cm³/mol. The first-order valence-corrected chi connectivity index (χ1v) is 7.52. The molecule has 0 saturated carbocycles. The van der Waals surface area contributed by atoms with Gasteiger partial charge in [-0.25, -0.2) is 0 Å². The molecule has 1 aromatic rings. The molecule has 2 heterocycles. The van der Waals surface area contributed by atoms with Crippen LogP contribution in [0.15, 0.2) is 24.3 Å². The largest absolute Gasteiger partial charge is 0.493 e. The SMILES string of the molecule is CCC1NC(=O)CCN(C2CCOc3ccccc32)C1=O. The van der Waals surface area contributed by atoms with E-state index in [1.807, 2.05) is 36.1 Å². The summed E-state index contributed by atoms with van der Waals surface area (Å²) in [6.45, 7) is 2.99. The van der Waals surface area contributed by atoms with Gasteiger partial charge in [0.05, 0.1) is 12.6 Å². The van der Waals surface area contributed by atoms with E-state index < -0.39 is 6.04 Å². The number of benzene rings is 1. The summed E-state index contributed by atoms with van der Waals surface area (Å²) in [6, 6.07) is 7.44. The van der Waals surface area contributed by atoms with E-state index in [1.165, 1.54) is 0 Å². The molecule has 2 unspecified atom stereocenters.